The van der Waals surface area contributed by atoms with Gasteiger partial charge in [-0.3, -0.25) is 4.68 Å². The van der Waals surface area contributed by atoms with Crippen molar-refractivity contribution in [3.8, 4) is 5.75 Å². The number of aromatic nitrogens is 2. The average Bonchev–Trinajstić information content (AvgIpc) is 2.82. The van der Waals surface area contributed by atoms with Crippen LogP contribution in [0, 0.1) is 0 Å². The van der Waals surface area contributed by atoms with Gasteiger partial charge in [-0.05, 0) is 57.3 Å². The summed E-state index contributed by atoms with van der Waals surface area (Å²) >= 11 is 7.22. The highest BCUT2D eigenvalue weighted by Crippen LogP contribution is 2.29. The van der Waals surface area contributed by atoms with Crippen LogP contribution < -0.4 is 10.1 Å². The van der Waals surface area contributed by atoms with Gasteiger partial charge in [-0.1, -0.05) is 6.92 Å². The van der Waals surface area contributed by atoms with Gasteiger partial charge in [0.2, 0.25) is 0 Å². The molecule has 2 aromatic rings. The number of nitrogens with one attached hydrogen (secondary N) is 1. The Hall–Kier alpha value is -1.01. The van der Waals surface area contributed by atoms with E-state index in [1.54, 1.807) is 7.11 Å². The van der Waals surface area contributed by atoms with Crippen molar-refractivity contribution in [3.63, 3.8) is 0 Å². The number of aryl methyl sites for hydroxylation is 2. The molecule has 0 aliphatic carbocycles. The molecule has 1 heterocycles. The molecule has 0 atom stereocenters. The van der Waals surface area contributed by atoms with Crippen LogP contribution in [0.5, 0.6) is 5.75 Å². The number of ether oxygens (including phenoxy) is 1. The highest BCUT2D eigenvalue weighted by Gasteiger charge is 2.14. The fourth-order valence-corrected chi connectivity index (χ4v) is 3.22. The molecule has 0 bridgehead atoms. The first kappa shape index (κ1) is 16.4. The summed E-state index contributed by atoms with van der Waals surface area (Å²) in [6.45, 7) is 5.77. The number of hydrogen-bond donors (Lipinski definition) is 1. The van der Waals surface area contributed by atoms with E-state index in [1.165, 1.54) is 0 Å². The van der Waals surface area contributed by atoms with Crippen LogP contribution in [-0.2, 0) is 19.5 Å². The summed E-state index contributed by atoms with van der Waals surface area (Å²) in [5.74, 6) is 0.831. The molecule has 2 rings (SSSR count). The molecule has 0 radical (unpaired) electrons. The van der Waals surface area contributed by atoms with E-state index < -0.39 is 0 Å². The lowest BCUT2D eigenvalue weighted by molar-refractivity contribution is 0.415. The van der Waals surface area contributed by atoms with Gasteiger partial charge in [0.15, 0.2) is 0 Å². The minimum Gasteiger partial charge on any atom is -0.497 e. The lowest BCUT2D eigenvalue weighted by Gasteiger charge is -2.11. The summed E-state index contributed by atoms with van der Waals surface area (Å²) < 4.78 is 9.40. The zero-order valence-corrected chi connectivity index (χ0v) is 15.6. The van der Waals surface area contributed by atoms with Crippen molar-refractivity contribution >= 4 is 37.5 Å². The number of nitrogens with zero attached hydrogens (tertiary/aromatic N) is 2. The maximum atomic E-state index is 5.26. The number of anilines is 1. The van der Waals surface area contributed by atoms with Gasteiger partial charge in [-0.15, -0.1) is 0 Å². The minimum absolute atomic E-state index is 0.702. The molecule has 0 spiro atoms. The van der Waals surface area contributed by atoms with E-state index in [0.717, 1.165) is 44.7 Å². The van der Waals surface area contributed by atoms with E-state index in [-0.39, 0.29) is 0 Å². The maximum Gasteiger partial charge on any atom is 0.121 e. The van der Waals surface area contributed by atoms with Crippen LogP contribution in [0.3, 0.4) is 0 Å². The number of methoxy groups -OCH3 is 1. The highest BCUT2D eigenvalue weighted by atomic mass is 79.9. The Balaban J connectivity index is 2.22. The lowest BCUT2D eigenvalue weighted by atomic mass is 10.2. The number of benzene rings is 1. The summed E-state index contributed by atoms with van der Waals surface area (Å²) in [4.78, 5) is 0. The van der Waals surface area contributed by atoms with Gasteiger partial charge in [0.25, 0.3) is 0 Å². The molecular weight excluding hydrogens is 398 g/mol. The predicted octanol–water partition coefficient (Wildman–Crippen LogP) is 4.61. The Morgan fingerprint density at radius 2 is 2.05 bits per heavy atom. The monoisotopic (exact) mass is 415 g/mol. The van der Waals surface area contributed by atoms with Crippen LogP contribution in [-0.4, -0.2) is 16.9 Å². The molecule has 0 aliphatic rings. The van der Waals surface area contributed by atoms with Crippen molar-refractivity contribution in [2.45, 2.75) is 33.4 Å². The van der Waals surface area contributed by atoms with Crippen LogP contribution in [0.15, 0.2) is 27.1 Å². The van der Waals surface area contributed by atoms with E-state index >= 15 is 0 Å². The normalized spacial score (nSPS) is 10.7. The second-order valence-corrected chi connectivity index (χ2v) is 6.22. The van der Waals surface area contributed by atoms with Gasteiger partial charge in [0, 0.05) is 17.1 Å². The summed E-state index contributed by atoms with van der Waals surface area (Å²) in [5.41, 5.74) is 3.26. The van der Waals surface area contributed by atoms with Gasteiger partial charge in [-0.2, -0.15) is 5.10 Å². The van der Waals surface area contributed by atoms with Crippen molar-refractivity contribution in [1.29, 1.82) is 0 Å². The molecule has 0 saturated heterocycles. The fourth-order valence-electron chi connectivity index (χ4n) is 2.13. The molecule has 1 aromatic carbocycles. The summed E-state index contributed by atoms with van der Waals surface area (Å²) in [6.07, 6.45) is 0.920. The highest BCUT2D eigenvalue weighted by molar-refractivity contribution is 9.11. The van der Waals surface area contributed by atoms with Crippen LogP contribution in [0.25, 0.3) is 0 Å². The van der Waals surface area contributed by atoms with E-state index in [1.807, 2.05) is 22.9 Å². The second kappa shape index (κ2) is 7.31. The smallest absolute Gasteiger partial charge is 0.121 e. The average molecular weight is 417 g/mol. The van der Waals surface area contributed by atoms with Gasteiger partial charge in [-0.25, -0.2) is 0 Å². The van der Waals surface area contributed by atoms with Gasteiger partial charge < -0.3 is 10.1 Å². The molecule has 21 heavy (non-hydrogen) atoms. The first-order valence-corrected chi connectivity index (χ1v) is 8.50. The third-order valence-corrected chi connectivity index (χ3v) is 4.92. The molecule has 0 fully saturated rings. The molecule has 1 N–H and O–H groups in total. The van der Waals surface area contributed by atoms with E-state index in [0.29, 0.717) is 6.54 Å². The van der Waals surface area contributed by atoms with Crippen LogP contribution in [0.4, 0.5) is 5.69 Å². The van der Waals surface area contributed by atoms with Gasteiger partial charge in [0.05, 0.1) is 35.2 Å². The Morgan fingerprint density at radius 1 is 1.29 bits per heavy atom. The Bertz CT molecular complexity index is 626. The summed E-state index contributed by atoms with van der Waals surface area (Å²) in [6, 6.07) is 5.88. The van der Waals surface area contributed by atoms with Crippen molar-refractivity contribution in [2.24, 2.45) is 0 Å². The van der Waals surface area contributed by atoms with Crippen LogP contribution in [0.2, 0.25) is 0 Å². The van der Waals surface area contributed by atoms with E-state index in [4.69, 9.17) is 4.74 Å². The largest absolute Gasteiger partial charge is 0.497 e. The molecule has 6 heteroatoms. The predicted molar refractivity (Wildman–Crippen MR) is 93.0 cm³/mol. The van der Waals surface area contributed by atoms with Crippen LogP contribution in [0.1, 0.15) is 25.2 Å². The molecular formula is C15H19Br2N3O. The minimum atomic E-state index is 0.702. The van der Waals surface area contributed by atoms with Crippen LogP contribution >= 0.6 is 31.9 Å². The van der Waals surface area contributed by atoms with Crippen molar-refractivity contribution in [2.75, 3.05) is 12.4 Å². The van der Waals surface area contributed by atoms with Gasteiger partial charge in [0.1, 0.15) is 5.75 Å². The Kier molecular flexibility index (Phi) is 5.70. The summed E-state index contributed by atoms with van der Waals surface area (Å²) in [5, 5.41) is 8.05. The number of halogens is 2. The van der Waals surface area contributed by atoms with Crippen molar-refractivity contribution < 1.29 is 4.74 Å². The molecule has 114 valence electrons. The Labute approximate surface area is 142 Å². The molecule has 1 aromatic heterocycles. The standard InChI is InChI=1S/C15H19Br2N3O/c1-4-12-15(17)14(20(5-2)19-12)9-18-13-8-10(21-3)6-7-11(13)16/h6-8,18H,4-5,9H2,1-3H3. The zero-order valence-electron chi connectivity index (χ0n) is 12.4. The zero-order chi connectivity index (χ0) is 15.4. The third-order valence-electron chi connectivity index (χ3n) is 3.31. The van der Waals surface area contributed by atoms with E-state index in [2.05, 4.69) is 56.1 Å². The number of hydrogen-bond acceptors (Lipinski definition) is 3. The molecule has 0 saturated carbocycles. The SMILES string of the molecule is CCc1nn(CC)c(CNc2cc(OC)ccc2Br)c1Br. The van der Waals surface area contributed by atoms with Gasteiger partial charge >= 0.3 is 0 Å². The molecule has 4 nitrogen and oxygen atoms in total. The Morgan fingerprint density at radius 3 is 2.67 bits per heavy atom. The summed E-state index contributed by atoms with van der Waals surface area (Å²) in [7, 11) is 1.67. The number of rotatable bonds is 6. The molecule has 0 unspecified atom stereocenters. The molecule has 0 aliphatic heterocycles. The topological polar surface area (TPSA) is 39.1 Å². The van der Waals surface area contributed by atoms with Crippen molar-refractivity contribution in [1.82, 2.24) is 9.78 Å². The fraction of sp³-hybridized carbons (Fsp3) is 0.400. The maximum absolute atomic E-state index is 5.26. The quantitative estimate of drug-likeness (QED) is 0.747. The second-order valence-electron chi connectivity index (χ2n) is 4.58. The van der Waals surface area contributed by atoms with Crippen molar-refractivity contribution in [3.05, 3.63) is 38.5 Å². The first-order chi connectivity index (χ1) is 10.1. The third kappa shape index (κ3) is 3.61. The first-order valence-electron chi connectivity index (χ1n) is 6.92. The van der Waals surface area contributed by atoms with E-state index in [9.17, 15) is 0 Å². The molecule has 0 amide bonds. The lowest BCUT2D eigenvalue weighted by Crippen LogP contribution is -2.08.